The van der Waals surface area contributed by atoms with Crippen LogP contribution in [0.1, 0.15) is 5.56 Å². The summed E-state index contributed by atoms with van der Waals surface area (Å²) < 4.78 is 35.3. The molecule has 27 heavy (non-hydrogen) atoms. The van der Waals surface area contributed by atoms with Crippen molar-refractivity contribution in [2.75, 3.05) is 0 Å². The van der Waals surface area contributed by atoms with E-state index < -0.39 is 12.1 Å². The van der Waals surface area contributed by atoms with Gasteiger partial charge >= 0.3 is 6.18 Å². The molecular weight excluding hydrogens is 363 g/mol. The highest BCUT2D eigenvalue weighted by molar-refractivity contribution is 5.83. The SMILES string of the molecule is Cn1cc(-c2ccc3c(C4=C[NH2+]C=C4)cnn3c2)cn1.O=C([O-])C(F)(F)F. The van der Waals surface area contributed by atoms with Crippen molar-refractivity contribution in [1.82, 2.24) is 19.4 Å². The second kappa shape index (κ2) is 7.08. The topological polar surface area (TPSA) is 91.9 Å². The third-order valence-corrected chi connectivity index (χ3v) is 3.76. The van der Waals surface area contributed by atoms with E-state index in [4.69, 9.17) is 9.90 Å². The fourth-order valence-corrected chi connectivity index (χ4v) is 2.50. The zero-order valence-electron chi connectivity index (χ0n) is 14.0. The van der Waals surface area contributed by atoms with Crippen molar-refractivity contribution in [2.24, 2.45) is 7.05 Å². The molecule has 140 valence electrons. The quantitative estimate of drug-likeness (QED) is 0.703. The zero-order chi connectivity index (χ0) is 19.6. The number of aliphatic carboxylic acids is 1. The largest absolute Gasteiger partial charge is 0.542 e. The van der Waals surface area contributed by atoms with E-state index in [2.05, 4.69) is 34.6 Å². The molecule has 4 rings (SSSR count). The summed E-state index contributed by atoms with van der Waals surface area (Å²) in [6.45, 7) is 0. The number of pyridine rings is 1. The minimum absolute atomic E-state index is 1.10. The Morgan fingerprint density at radius 3 is 2.44 bits per heavy atom. The van der Waals surface area contributed by atoms with Gasteiger partial charge in [-0.2, -0.15) is 23.4 Å². The Bertz CT molecular complexity index is 1050. The Kier molecular flexibility index (Phi) is 4.82. The number of aryl methyl sites for hydroxylation is 1. The van der Waals surface area contributed by atoms with Crippen molar-refractivity contribution in [2.45, 2.75) is 6.18 Å². The number of carboxylic acid groups (broad SMARTS) is 1. The molecule has 0 aromatic carbocycles. The number of halogens is 3. The number of hydrogen-bond acceptors (Lipinski definition) is 4. The Morgan fingerprint density at radius 2 is 1.89 bits per heavy atom. The van der Waals surface area contributed by atoms with Crippen LogP contribution in [0.4, 0.5) is 13.2 Å². The van der Waals surface area contributed by atoms with Crippen LogP contribution in [0.15, 0.2) is 55.4 Å². The summed E-state index contributed by atoms with van der Waals surface area (Å²) in [4.78, 5) is 8.78. The first-order valence-corrected chi connectivity index (χ1v) is 7.72. The predicted molar refractivity (Wildman–Crippen MR) is 87.5 cm³/mol. The number of carbonyl (C=O) groups is 1. The van der Waals surface area contributed by atoms with E-state index in [1.54, 1.807) is 4.68 Å². The van der Waals surface area contributed by atoms with Gasteiger partial charge in [0.25, 0.3) is 0 Å². The zero-order valence-corrected chi connectivity index (χ0v) is 14.0. The molecule has 2 N–H and O–H groups in total. The van der Waals surface area contributed by atoms with Gasteiger partial charge in [0.05, 0.1) is 24.1 Å². The Hall–Kier alpha value is -3.40. The summed E-state index contributed by atoms with van der Waals surface area (Å²) in [5.41, 5.74) is 5.69. The summed E-state index contributed by atoms with van der Waals surface area (Å²) >= 11 is 0. The smallest absolute Gasteiger partial charge is 0.430 e. The lowest BCUT2D eigenvalue weighted by Crippen LogP contribution is -2.69. The second-order valence-corrected chi connectivity index (χ2v) is 5.67. The molecule has 3 aromatic heterocycles. The number of carbonyl (C=O) groups excluding carboxylic acids is 1. The number of allylic oxidation sites excluding steroid dienone is 2. The fraction of sp³-hybridized carbons (Fsp3) is 0.118. The molecule has 0 unspecified atom stereocenters. The Morgan fingerprint density at radius 1 is 1.15 bits per heavy atom. The molecule has 0 fully saturated rings. The maximum absolute atomic E-state index is 10.5. The molecule has 1 aliphatic heterocycles. The molecule has 0 radical (unpaired) electrons. The van der Waals surface area contributed by atoms with Crippen LogP contribution < -0.4 is 10.4 Å². The van der Waals surface area contributed by atoms with E-state index in [1.807, 2.05) is 47.9 Å². The number of nitrogens with two attached hydrogens (primary N) is 1. The van der Waals surface area contributed by atoms with E-state index >= 15 is 0 Å². The van der Waals surface area contributed by atoms with Gasteiger partial charge in [-0.1, -0.05) is 6.07 Å². The normalized spacial score (nSPS) is 13.4. The molecule has 0 saturated heterocycles. The van der Waals surface area contributed by atoms with Crippen LogP contribution in [0, 0.1) is 0 Å². The molecule has 0 aliphatic carbocycles. The molecule has 0 saturated carbocycles. The van der Waals surface area contributed by atoms with Crippen molar-refractivity contribution in [3.05, 3.63) is 61.0 Å². The van der Waals surface area contributed by atoms with Gasteiger partial charge in [-0.3, -0.25) is 10.00 Å². The monoisotopic (exact) mass is 377 g/mol. The summed E-state index contributed by atoms with van der Waals surface area (Å²) in [5.74, 6) is -3.01. The first-order valence-electron chi connectivity index (χ1n) is 7.72. The number of aromatic nitrogens is 4. The molecule has 4 heterocycles. The highest BCUT2D eigenvalue weighted by Crippen LogP contribution is 2.25. The van der Waals surface area contributed by atoms with E-state index in [0.717, 1.165) is 22.2 Å². The second-order valence-electron chi connectivity index (χ2n) is 5.67. The summed E-state index contributed by atoms with van der Waals surface area (Å²) in [7, 11) is 1.92. The Balaban J connectivity index is 0.000000260. The van der Waals surface area contributed by atoms with Crippen LogP contribution in [0.25, 0.3) is 22.2 Å². The van der Waals surface area contributed by atoms with E-state index in [9.17, 15) is 13.2 Å². The third-order valence-electron chi connectivity index (χ3n) is 3.76. The lowest BCUT2D eigenvalue weighted by Gasteiger charge is -2.03. The average Bonchev–Trinajstić information content (AvgIpc) is 3.33. The van der Waals surface area contributed by atoms with Crippen molar-refractivity contribution >= 4 is 17.1 Å². The Labute approximate surface area is 151 Å². The molecule has 0 amide bonds. The van der Waals surface area contributed by atoms with Gasteiger partial charge in [0.15, 0.2) is 0 Å². The molecule has 7 nitrogen and oxygen atoms in total. The van der Waals surface area contributed by atoms with Gasteiger partial charge in [-0.15, -0.1) is 0 Å². The first-order chi connectivity index (χ1) is 12.8. The summed E-state index contributed by atoms with van der Waals surface area (Å²) in [6.07, 6.45) is 8.88. The van der Waals surface area contributed by atoms with Crippen molar-refractivity contribution < 1.29 is 28.4 Å². The number of hydrogen-bond donors (Lipinski definition) is 1. The highest BCUT2D eigenvalue weighted by atomic mass is 19.4. The number of alkyl halides is 3. The van der Waals surface area contributed by atoms with Crippen molar-refractivity contribution in [3.63, 3.8) is 0 Å². The van der Waals surface area contributed by atoms with Crippen LogP contribution in [0.2, 0.25) is 0 Å². The fourth-order valence-electron chi connectivity index (χ4n) is 2.50. The lowest BCUT2D eigenvalue weighted by molar-refractivity contribution is -0.509. The molecule has 0 spiro atoms. The van der Waals surface area contributed by atoms with Crippen LogP contribution in [-0.4, -0.2) is 31.5 Å². The molecule has 0 bridgehead atoms. The van der Waals surface area contributed by atoms with Crippen molar-refractivity contribution in [1.29, 1.82) is 0 Å². The maximum Gasteiger partial charge on any atom is 0.430 e. The van der Waals surface area contributed by atoms with Gasteiger partial charge in [-0.05, 0) is 6.07 Å². The minimum Gasteiger partial charge on any atom is -0.542 e. The molecule has 1 aliphatic rings. The van der Waals surface area contributed by atoms with E-state index in [0.29, 0.717) is 0 Å². The number of nitrogens with zero attached hydrogens (tertiary/aromatic N) is 4. The first kappa shape index (κ1) is 18.4. The minimum atomic E-state index is -5.19. The molecule has 0 atom stereocenters. The number of rotatable bonds is 2. The predicted octanol–water partition coefficient (Wildman–Crippen LogP) is 0.465. The summed E-state index contributed by atoms with van der Waals surface area (Å²) in [5, 5.41) is 19.5. The van der Waals surface area contributed by atoms with Crippen LogP contribution in [0.5, 0.6) is 0 Å². The third kappa shape index (κ3) is 4.06. The van der Waals surface area contributed by atoms with Crippen molar-refractivity contribution in [3.8, 4) is 11.1 Å². The van der Waals surface area contributed by atoms with Gasteiger partial charge in [0.1, 0.15) is 12.2 Å². The molecular formula is C17H14F3N5O2. The standard InChI is InChI=1S/C15H13N5.C2HF3O2/c1-19-9-13(7-17-19)12-2-3-15-14(8-18-20(15)10-12)11-4-5-16-6-11;3-2(4,5)1(6)7/h2-10,16H,1H3;(H,6,7). The molecule has 10 heteroatoms. The summed E-state index contributed by atoms with van der Waals surface area (Å²) in [6, 6.07) is 4.22. The highest BCUT2D eigenvalue weighted by Gasteiger charge is 2.28. The van der Waals surface area contributed by atoms with Crippen LogP contribution in [0.3, 0.4) is 0 Å². The number of carboxylic acids is 1. The van der Waals surface area contributed by atoms with Gasteiger partial charge in [0, 0.05) is 47.8 Å². The average molecular weight is 377 g/mol. The van der Waals surface area contributed by atoms with E-state index in [-0.39, 0.29) is 0 Å². The lowest BCUT2D eigenvalue weighted by atomic mass is 10.1. The number of quaternary nitrogens is 1. The van der Waals surface area contributed by atoms with Gasteiger partial charge < -0.3 is 9.90 Å². The molecule has 3 aromatic rings. The van der Waals surface area contributed by atoms with Crippen LogP contribution >= 0.6 is 0 Å². The van der Waals surface area contributed by atoms with Gasteiger partial charge in [0.2, 0.25) is 0 Å². The number of fused-ring (bicyclic) bond motifs is 1. The van der Waals surface area contributed by atoms with Gasteiger partial charge in [-0.25, -0.2) is 4.52 Å². The van der Waals surface area contributed by atoms with Crippen LogP contribution in [-0.2, 0) is 11.8 Å². The maximum atomic E-state index is 10.5. The van der Waals surface area contributed by atoms with E-state index in [1.165, 1.54) is 5.57 Å².